The summed E-state index contributed by atoms with van der Waals surface area (Å²) in [7, 11) is 0. The minimum atomic E-state index is -0.782. The SMILES string of the molecule is CC1(C)NCC(=O)N(CC(=O)N2CCCCC2)C1=O. The molecule has 106 valence electrons. The lowest BCUT2D eigenvalue weighted by atomic mass is 10.0. The smallest absolute Gasteiger partial charge is 0.249 e. The lowest BCUT2D eigenvalue weighted by Crippen LogP contribution is -2.65. The molecular weight excluding hydrogens is 246 g/mol. The van der Waals surface area contributed by atoms with Gasteiger partial charge in [-0.3, -0.25) is 24.6 Å². The maximum absolute atomic E-state index is 12.1. The van der Waals surface area contributed by atoms with E-state index in [0.29, 0.717) is 0 Å². The largest absolute Gasteiger partial charge is 0.341 e. The van der Waals surface area contributed by atoms with Crippen LogP contribution in [0.15, 0.2) is 0 Å². The molecule has 0 aromatic rings. The van der Waals surface area contributed by atoms with Crippen molar-refractivity contribution in [1.82, 2.24) is 15.1 Å². The first kappa shape index (κ1) is 14.0. The van der Waals surface area contributed by atoms with Gasteiger partial charge in [-0.1, -0.05) is 0 Å². The van der Waals surface area contributed by atoms with Crippen molar-refractivity contribution in [3.63, 3.8) is 0 Å². The standard InChI is InChI=1S/C13H21N3O3/c1-13(2)12(19)16(10(17)8-14-13)9-11(18)15-6-4-3-5-7-15/h14H,3-9H2,1-2H3. The number of hydrogen-bond acceptors (Lipinski definition) is 4. The maximum Gasteiger partial charge on any atom is 0.249 e. The fourth-order valence-electron chi connectivity index (χ4n) is 2.46. The van der Waals surface area contributed by atoms with Crippen LogP contribution in [0.4, 0.5) is 0 Å². The summed E-state index contributed by atoms with van der Waals surface area (Å²) in [6.45, 7) is 4.89. The Labute approximate surface area is 113 Å². The Morgan fingerprint density at radius 2 is 1.84 bits per heavy atom. The van der Waals surface area contributed by atoms with Gasteiger partial charge in [-0.2, -0.15) is 0 Å². The van der Waals surface area contributed by atoms with Crippen LogP contribution in [0.25, 0.3) is 0 Å². The van der Waals surface area contributed by atoms with E-state index in [-0.39, 0.29) is 30.8 Å². The Kier molecular flexibility index (Phi) is 3.89. The molecule has 2 heterocycles. The van der Waals surface area contributed by atoms with Crippen molar-refractivity contribution < 1.29 is 14.4 Å². The zero-order valence-electron chi connectivity index (χ0n) is 11.6. The van der Waals surface area contributed by atoms with Crippen molar-refractivity contribution in [1.29, 1.82) is 0 Å². The summed E-state index contributed by atoms with van der Waals surface area (Å²) in [6.07, 6.45) is 3.14. The average Bonchev–Trinajstić information content (AvgIpc) is 2.40. The fourth-order valence-corrected chi connectivity index (χ4v) is 2.46. The third kappa shape index (κ3) is 2.94. The molecule has 0 bridgehead atoms. The fraction of sp³-hybridized carbons (Fsp3) is 0.769. The lowest BCUT2D eigenvalue weighted by molar-refractivity contribution is -0.156. The van der Waals surface area contributed by atoms with Crippen molar-refractivity contribution >= 4 is 17.7 Å². The summed E-state index contributed by atoms with van der Waals surface area (Å²) in [6, 6.07) is 0. The molecule has 2 fully saturated rings. The normalized spacial score (nSPS) is 23.7. The Balaban J connectivity index is 2.01. The summed E-state index contributed by atoms with van der Waals surface area (Å²) in [5.41, 5.74) is -0.782. The van der Waals surface area contributed by atoms with Crippen LogP contribution in [0, 0.1) is 0 Å². The molecule has 0 saturated carbocycles. The molecule has 0 radical (unpaired) electrons. The van der Waals surface area contributed by atoms with Crippen LogP contribution >= 0.6 is 0 Å². The lowest BCUT2D eigenvalue weighted by Gasteiger charge is -2.37. The molecule has 2 rings (SSSR count). The van der Waals surface area contributed by atoms with Gasteiger partial charge in [-0.05, 0) is 33.1 Å². The highest BCUT2D eigenvalue weighted by molar-refractivity contribution is 6.05. The predicted molar refractivity (Wildman–Crippen MR) is 69.2 cm³/mol. The number of hydrogen-bond donors (Lipinski definition) is 1. The average molecular weight is 267 g/mol. The van der Waals surface area contributed by atoms with Crippen LogP contribution in [0.1, 0.15) is 33.1 Å². The zero-order valence-corrected chi connectivity index (χ0v) is 11.6. The van der Waals surface area contributed by atoms with Gasteiger partial charge in [-0.15, -0.1) is 0 Å². The number of likely N-dealkylation sites (tertiary alicyclic amines) is 1. The second-order valence-electron chi connectivity index (χ2n) is 5.71. The van der Waals surface area contributed by atoms with Gasteiger partial charge in [0, 0.05) is 13.1 Å². The van der Waals surface area contributed by atoms with E-state index in [1.54, 1.807) is 18.7 Å². The Morgan fingerprint density at radius 3 is 2.47 bits per heavy atom. The van der Waals surface area contributed by atoms with Gasteiger partial charge in [-0.25, -0.2) is 0 Å². The van der Waals surface area contributed by atoms with E-state index in [4.69, 9.17) is 0 Å². The molecule has 0 aromatic heterocycles. The Hall–Kier alpha value is -1.43. The summed E-state index contributed by atoms with van der Waals surface area (Å²) in [5.74, 6) is -0.775. The van der Waals surface area contributed by atoms with Gasteiger partial charge in [0.15, 0.2) is 0 Å². The van der Waals surface area contributed by atoms with Crippen molar-refractivity contribution in [2.45, 2.75) is 38.6 Å². The molecule has 2 aliphatic rings. The van der Waals surface area contributed by atoms with E-state index in [9.17, 15) is 14.4 Å². The van der Waals surface area contributed by atoms with Crippen LogP contribution in [-0.2, 0) is 14.4 Å². The van der Waals surface area contributed by atoms with Crippen LogP contribution in [0.2, 0.25) is 0 Å². The number of piperidine rings is 1. The van der Waals surface area contributed by atoms with E-state index in [0.717, 1.165) is 37.3 Å². The van der Waals surface area contributed by atoms with Crippen LogP contribution in [0.3, 0.4) is 0 Å². The number of nitrogens with one attached hydrogen (secondary N) is 1. The predicted octanol–water partition coefficient (Wildman–Crippen LogP) is -0.264. The maximum atomic E-state index is 12.1. The summed E-state index contributed by atoms with van der Waals surface area (Å²) in [4.78, 5) is 38.9. The topological polar surface area (TPSA) is 69.7 Å². The third-order valence-corrected chi connectivity index (χ3v) is 3.76. The number of rotatable bonds is 2. The minimum absolute atomic E-state index is 0.103. The molecule has 0 spiro atoms. The first-order valence-corrected chi connectivity index (χ1v) is 6.79. The highest BCUT2D eigenvalue weighted by atomic mass is 16.2. The molecular formula is C13H21N3O3. The molecule has 0 aliphatic carbocycles. The number of nitrogens with zero attached hydrogens (tertiary/aromatic N) is 2. The molecule has 0 unspecified atom stereocenters. The van der Waals surface area contributed by atoms with Gasteiger partial charge < -0.3 is 4.90 Å². The van der Waals surface area contributed by atoms with E-state index in [1.807, 2.05) is 0 Å². The molecule has 6 nitrogen and oxygen atoms in total. The van der Waals surface area contributed by atoms with Crippen molar-refractivity contribution in [2.24, 2.45) is 0 Å². The van der Waals surface area contributed by atoms with Gasteiger partial charge in [0.2, 0.25) is 17.7 Å². The van der Waals surface area contributed by atoms with Crippen molar-refractivity contribution in [3.05, 3.63) is 0 Å². The first-order valence-electron chi connectivity index (χ1n) is 6.79. The minimum Gasteiger partial charge on any atom is -0.341 e. The van der Waals surface area contributed by atoms with Gasteiger partial charge in [0.25, 0.3) is 0 Å². The number of piperazine rings is 1. The quantitative estimate of drug-likeness (QED) is 0.700. The molecule has 19 heavy (non-hydrogen) atoms. The Bertz CT molecular complexity index is 400. The van der Waals surface area contributed by atoms with Gasteiger partial charge in [0.1, 0.15) is 6.54 Å². The molecule has 1 N–H and O–H groups in total. The monoisotopic (exact) mass is 267 g/mol. The highest BCUT2D eigenvalue weighted by Gasteiger charge is 2.41. The molecule has 6 heteroatoms. The molecule has 0 aromatic carbocycles. The van der Waals surface area contributed by atoms with E-state index >= 15 is 0 Å². The number of imide groups is 1. The molecule has 0 atom stereocenters. The van der Waals surface area contributed by atoms with E-state index < -0.39 is 5.54 Å². The van der Waals surface area contributed by atoms with Gasteiger partial charge in [0.05, 0.1) is 12.1 Å². The molecule has 3 amide bonds. The zero-order chi connectivity index (χ0) is 14.0. The second-order valence-corrected chi connectivity index (χ2v) is 5.71. The Morgan fingerprint density at radius 1 is 1.21 bits per heavy atom. The van der Waals surface area contributed by atoms with Crippen molar-refractivity contribution in [2.75, 3.05) is 26.2 Å². The van der Waals surface area contributed by atoms with E-state index in [2.05, 4.69) is 5.32 Å². The van der Waals surface area contributed by atoms with Crippen LogP contribution in [-0.4, -0.2) is 59.2 Å². The third-order valence-electron chi connectivity index (χ3n) is 3.76. The number of carbonyl (C=O) groups excluding carboxylic acids is 3. The van der Waals surface area contributed by atoms with E-state index in [1.165, 1.54) is 0 Å². The first-order chi connectivity index (χ1) is 8.92. The van der Waals surface area contributed by atoms with Gasteiger partial charge >= 0.3 is 0 Å². The highest BCUT2D eigenvalue weighted by Crippen LogP contribution is 2.15. The summed E-state index contributed by atoms with van der Waals surface area (Å²) < 4.78 is 0. The molecule has 2 aliphatic heterocycles. The van der Waals surface area contributed by atoms with Crippen LogP contribution in [0.5, 0.6) is 0 Å². The summed E-state index contributed by atoms with van der Waals surface area (Å²) >= 11 is 0. The number of amides is 3. The summed E-state index contributed by atoms with van der Waals surface area (Å²) in [5, 5.41) is 2.88. The number of carbonyl (C=O) groups is 3. The van der Waals surface area contributed by atoms with Crippen molar-refractivity contribution in [3.8, 4) is 0 Å². The molecule has 2 saturated heterocycles. The van der Waals surface area contributed by atoms with Crippen LogP contribution < -0.4 is 5.32 Å². The second kappa shape index (κ2) is 5.28.